The Morgan fingerprint density at radius 3 is 2.15 bits per heavy atom. The number of rotatable bonds is 3. The summed E-state index contributed by atoms with van der Waals surface area (Å²) in [5.74, 6) is 0. The number of nitrogen functional groups attached to an aromatic ring is 1. The third kappa shape index (κ3) is 4.36. The molecule has 3 nitrogen and oxygen atoms in total. The van der Waals surface area contributed by atoms with Gasteiger partial charge in [-0.25, -0.2) is 0 Å². The van der Waals surface area contributed by atoms with Crippen LogP contribution in [-0.2, 0) is 5.41 Å². The molecule has 192 valence electrons. The van der Waals surface area contributed by atoms with Crippen LogP contribution in [0.1, 0.15) is 30.5 Å². The fourth-order valence-corrected chi connectivity index (χ4v) is 5.79. The Morgan fingerprint density at radius 1 is 0.692 bits per heavy atom. The lowest BCUT2D eigenvalue weighted by atomic mass is 9.81. The Balaban J connectivity index is 0.000000346. The molecule has 1 aromatic heterocycles. The van der Waals surface area contributed by atoms with Crippen molar-refractivity contribution in [2.75, 3.05) is 11.1 Å². The predicted molar refractivity (Wildman–Crippen MR) is 166 cm³/mol. The Bertz CT molecular complexity index is 1780. The van der Waals surface area contributed by atoms with Crippen molar-refractivity contribution in [3.8, 4) is 16.9 Å². The van der Waals surface area contributed by atoms with Crippen LogP contribution in [0.5, 0.6) is 0 Å². The van der Waals surface area contributed by atoms with Gasteiger partial charge >= 0.3 is 0 Å². The molecule has 0 saturated heterocycles. The maximum absolute atomic E-state index is 6.16. The van der Waals surface area contributed by atoms with E-state index in [0.717, 1.165) is 22.7 Å². The molecule has 3 N–H and O–H groups in total. The van der Waals surface area contributed by atoms with Gasteiger partial charge in [0.25, 0.3) is 0 Å². The number of benzene rings is 5. The van der Waals surface area contributed by atoms with Gasteiger partial charge in [-0.15, -0.1) is 0 Å². The first-order valence-corrected chi connectivity index (χ1v) is 13.4. The molecule has 0 radical (unpaired) electrons. The molecule has 1 heterocycles. The maximum atomic E-state index is 6.16. The maximum Gasteiger partial charge on any atom is 0.0617 e. The normalized spacial score (nSPS) is 12.8. The van der Waals surface area contributed by atoms with Crippen LogP contribution < -0.4 is 11.1 Å². The average molecular weight is 508 g/mol. The van der Waals surface area contributed by atoms with E-state index in [4.69, 9.17) is 5.73 Å². The van der Waals surface area contributed by atoms with Gasteiger partial charge in [0.15, 0.2) is 0 Å². The fourth-order valence-electron chi connectivity index (χ4n) is 5.79. The van der Waals surface area contributed by atoms with E-state index < -0.39 is 0 Å². The Kier molecular flexibility index (Phi) is 6.20. The van der Waals surface area contributed by atoms with E-state index >= 15 is 0 Å². The molecule has 0 atom stereocenters. The van der Waals surface area contributed by atoms with E-state index in [1.54, 1.807) is 0 Å². The summed E-state index contributed by atoms with van der Waals surface area (Å²) in [5, 5.41) is 4.80. The smallest absolute Gasteiger partial charge is 0.0617 e. The van der Waals surface area contributed by atoms with E-state index in [-0.39, 0.29) is 5.41 Å². The van der Waals surface area contributed by atoms with E-state index in [2.05, 4.69) is 116 Å². The summed E-state index contributed by atoms with van der Waals surface area (Å²) in [7, 11) is 0. The average Bonchev–Trinajstić information content (AvgIpc) is 3.42. The second kappa shape index (κ2) is 9.85. The van der Waals surface area contributed by atoms with Crippen molar-refractivity contribution in [2.45, 2.75) is 26.2 Å². The molecule has 3 heteroatoms. The number of nitrogens with one attached hydrogen (secondary N) is 1. The third-order valence-corrected chi connectivity index (χ3v) is 7.64. The highest BCUT2D eigenvalue weighted by Crippen LogP contribution is 2.53. The van der Waals surface area contributed by atoms with Crippen LogP contribution in [0.2, 0.25) is 0 Å². The summed E-state index contributed by atoms with van der Waals surface area (Å²) in [6, 6.07) is 44.2. The lowest BCUT2D eigenvalue weighted by Crippen LogP contribution is -2.14. The first-order valence-electron chi connectivity index (χ1n) is 13.4. The first kappa shape index (κ1) is 24.6. The van der Waals surface area contributed by atoms with Crippen LogP contribution in [0.15, 0.2) is 127 Å². The quantitative estimate of drug-likeness (QED) is 0.234. The van der Waals surface area contributed by atoms with Crippen LogP contribution >= 0.6 is 0 Å². The van der Waals surface area contributed by atoms with Crippen molar-refractivity contribution < 1.29 is 0 Å². The zero-order chi connectivity index (χ0) is 27.0. The minimum Gasteiger partial charge on any atom is -0.397 e. The van der Waals surface area contributed by atoms with Gasteiger partial charge in [0.2, 0.25) is 0 Å². The molecule has 0 aliphatic heterocycles. The molecule has 0 fully saturated rings. The van der Waals surface area contributed by atoms with Gasteiger partial charge in [-0.05, 0) is 54.4 Å². The summed E-state index contributed by atoms with van der Waals surface area (Å²) < 4.78 is 2.41. The van der Waals surface area contributed by atoms with E-state index in [0.29, 0.717) is 0 Å². The molecule has 39 heavy (non-hydrogen) atoms. The molecule has 0 unspecified atom stereocenters. The number of aromatic nitrogens is 1. The Labute approximate surface area is 230 Å². The summed E-state index contributed by atoms with van der Waals surface area (Å²) >= 11 is 0. The minimum atomic E-state index is -0.0505. The summed E-state index contributed by atoms with van der Waals surface area (Å²) in [6.45, 7) is 6.76. The molecule has 0 spiro atoms. The number of hydrogen-bond acceptors (Lipinski definition) is 2. The number of fused-ring (bicyclic) bond motifs is 5. The van der Waals surface area contributed by atoms with Crippen LogP contribution in [0.4, 0.5) is 17.1 Å². The molecule has 1 aliphatic carbocycles. The van der Waals surface area contributed by atoms with Crippen molar-refractivity contribution in [1.82, 2.24) is 4.57 Å². The second-order valence-corrected chi connectivity index (χ2v) is 10.7. The second-order valence-electron chi connectivity index (χ2n) is 10.7. The lowest BCUT2D eigenvalue weighted by Gasteiger charge is -2.21. The van der Waals surface area contributed by atoms with Gasteiger partial charge in [0.05, 0.1) is 22.6 Å². The van der Waals surface area contributed by atoms with Crippen LogP contribution in [0, 0.1) is 6.92 Å². The molecule has 0 amide bonds. The Morgan fingerprint density at radius 2 is 1.38 bits per heavy atom. The van der Waals surface area contributed by atoms with Gasteiger partial charge in [0, 0.05) is 27.7 Å². The number of para-hydroxylation sites is 3. The third-order valence-electron chi connectivity index (χ3n) is 7.64. The number of hydrogen-bond donors (Lipinski definition) is 2. The minimum absolute atomic E-state index is 0.0505. The van der Waals surface area contributed by atoms with E-state index in [1.165, 1.54) is 38.9 Å². The Hall–Kier alpha value is -4.76. The molecule has 1 aliphatic rings. The van der Waals surface area contributed by atoms with Gasteiger partial charge in [-0.1, -0.05) is 110 Å². The van der Waals surface area contributed by atoms with Crippen molar-refractivity contribution >= 4 is 28.0 Å². The molecule has 0 bridgehead atoms. The number of aryl methyl sites for hydroxylation is 1. The standard InChI is InChI=1S/C29H25N3.C7H8/c1-29(2)23-14-5-3-12-21(23)28-27(29)22-13-4-8-17-26(22)32(28)20-11-9-10-19(18-20)31-25-16-7-6-15-24(25)30;1-7-5-3-2-4-6-7/h3-18,31H,30H2,1-2H3;2-6H,1H3. The zero-order valence-corrected chi connectivity index (χ0v) is 22.6. The highest BCUT2D eigenvalue weighted by molar-refractivity contribution is 5.99. The topological polar surface area (TPSA) is 43.0 Å². The van der Waals surface area contributed by atoms with Crippen molar-refractivity contribution in [2.24, 2.45) is 0 Å². The van der Waals surface area contributed by atoms with Gasteiger partial charge < -0.3 is 15.6 Å². The molecular weight excluding hydrogens is 474 g/mol. The molecular formula is C36H33N3. The summed E-state index contributed by atoms with van der Waals surface area (Å²) in [5.41, 5.74) is 17.9. The number of nitrogens with zero attached hydrogens (tertiary/aromatic N) is 1. The lowest BCUT2D eigenvalue weighted by molar-refractivity contribution is 0.666. The number of nitrogens with two attached hydrogens (primary N) is 1. The fraction of sp³-hybridized carbons (Fsp3) is 0.111. The van der Waals surface area contributed by atoms with Gasteiger partial charge in [0.1, 0.15) is 0 Å². The molecule has 5 aromatic carbocycles. The van der Waals surface area contributed by atoms with Crippen molar-refractivity contribution in [3.63, 3.8) is 0 Å². The molecule has 0 saturated carbocycles. The van der Waals surface area contributed by atoms with Gasteiger partial charge in [-0.3, -0.25) is 0 Å². The summed E-state index contributed by atoms with van der Waals surface area (Å²) in [4.78, 5) is 0. The first-order chi connectivity index (χ1) is 18.9. The zero-order valence-electron chi connectivity index (χ0n) is 22.6. The van der Waals surface area contributed by atoms with Crippen molar-refractivity contribution in [3.05, 3.63) is 144 Å². The monoisotopic (exact) mass is 507 g/mol. The van der Waals surface area contributed by atoms with Crippen LogP contribution in [0.25, 0.3) is 27.8 Å². The largest absolute Gasteiger partial charge is 0.397 e. The SMILES string of the molecule is CC1(C)c2ccccc2-c2c1c1ccccc1n2-c1cccc(Nc2ccccc2N)c1.Cc1ccccc1. The predicted octanol–water partition coefficient (Wildman–Crippen LogP) is 9.26. The van der Waals surface area contributed by atoms with Crippen LogP contribution in [-0.4, -0.2) is 4.57 Å². The van der Waals surface area contributed by atoms with Crippen LogP contribution in [0.3, 0.4) is 0 Å². The number of anilines is 3. The highest BCUT2D eigenvalue weighted by Gasteiger charge is 2.40. The molecule has 6 aromatic rings. The van der Waals surface area contributed by atoms with E-state index in [9.17, 15) is 0 Å². The van der Waals surface area contributed by atoms with Crippen molar-refractivity contribution in [1.29, 1.82) is 0 Å². The highest BCUT2D eigenvalue weighted by atomic mass is 15.0. The summed E-state index contributed by atoms with van der Waals surface area (Å²) in [6.07, 6.45) is 0. The van der Waals surface area contributed by atoms with Gasteiger partial charge in [-0.2, -0.15) is 0 Å². The van der Waals surface area contributed by atoms with E-state index in [1.807, 2.05) is 42.5 Å². The molecule has 7 rings (SSSR count).